The van der Waals surface area contributed by atoms with Crippen molar-refractivity contribution < 1.29 is 38.1 Å². The number of methoxy groups -OCH3 is 3. The summed E-state index contributed by atoms with van der Waals surface area (Å²) in [5.74, 6) is 1.02. The molecule has 1 aliphatic rings. The molecule has 0 saturated heterocycles. The summed E-state index contributed by atoms with van der Waals surface area (Å²) in [6.07, 6.45) is 3.21. The van der Waals surface area contributed by atoms with Crippen LogP contribution >= 0.6 is 11.3 Å². The Bertz CT molecular complexity index is 1510. The van der Waals surface area contributed by atoms with E-state index >= 15 is 0 Å². The van der Waals surface area contributed by atoms with Crippen LogP contribution in [0.1, 0.15) is 63.9 Å². The minimum atomic E-state index is -0.876. The van der Waals surface area contributed by atoms with Gasteiger partial charge in [0.05, 0.1) is 39.7 Å². The third-order valence-corrected chi connectivity index (χ3v) is 8.26. The van der Waals surface area contributed by atoms with Gasteiger partial charge in [-0.15, -0.1) is 11.3 Å². The highest BCUT2D eigenvalue weighted by molar-refractivity contribution is 7.17. The van der Waals surface area contributed by atoms with Gasteiger partial charge in [0.2, 0.25) is 5.75 Å². The van der Waals surface area contributed by atoms with E-state index in [1.165, 1.54) is 38.9 Å². The van der Waals surface area contributed by atoms with Crippen LogP contribution in [-0.4, -0.2) is 58.0 Å². The number of carbonyl (C=O) groups excluding carboxylic acids is 3. The second kappa shape index (κ2) is 14.7. The Balaban J connectivity index is 1.37. The summed E-state index contributed by atoms with van der Waals surface area (Å²) in [6.45, 7) is 5.78. The van der Waals surface area contributed by atoms with E-state index in [-0.39, 0.29) is 12.5 Å². The van der Waals surface area contributed by atoms with Gasteiger partial charge in [-0.25, -0.2) is 10.2 Å². The lowest BCUT2D eigenvalue weighted by molar-refractivity contribution is -0.127. The molecule has 234 valence electrons. The number of fused-ring (bicyclic) bond motifs is 1. The molecule has 0 radical (unpaired) electrons. The number of hydrazone groups is 1. The molecule has 1 aromatic heterocycles. The van der Waals surface area contributed by atoms with Crippen molar-refractivity contribution in [3.05, 3.63) is 63.5 Å². The summed E-state index contributed by atoms with van der Waals surface area (Å²) in [5, 5.41) is 7.42. The van der Waals surface area contributed by atoms with E-state index in [2.05, 4.69) is 22.8 Å². The standard InChI is InChI=1S/C32H37N3O8S/c1-7-42-32(38)27-23-13-8-18(2)14-26(23)44-31(27)34-30(37)21-9-11-22(12-10-21)43-19(3)29(36)35-33-17-20-15-24(39-4)28(41-6)25(16-20)40-5/h9-12,15-19H,7-8,13-14H2,1-6H3,(H,34,37)(H,35,36)/b33-17-/t18-,19-/m0/s1. The zero-order valence-corrected chi connectivity index (χ0v) is 26.5. The molecular formula is C32H37N3O8S. The molecule has 0 bridgehead atoms. The number of thiophene rings is 1. The summed E-state index contributed by atoms with van der Waals surface area (Å²) in [4.78, 5) is 39.6. The predicted octanol–water partition coefficient (Wildman–Crippen LogP) is 5.25. The zero-order chi connectivity index (χ0) is 31.8. The van der Waals surface area contributed by atoms with Gasteiger partial charge in [0.15, 0.2) is 17.6 Å². The number of amides is 2. The normalized spacial score (nSPS) is 14.7. The zero-order valence-electron chi connectivity index (χ0n) is 25.6. The highest BCUT2D eigenvalue weighted by Crippen LogP contribution is 2.40. The first-order valence-electron chi connectivity index (χ1n) is 14.2. The van der Waals surface area contributed by atoms with Crippen molar-refractivity contribution in [1.29, 1.82) is 0 Å². The molecule has 11 nitrogen and oxygen atoms in total. The van der Waals surface area contributed by atoms with E-state index < -0.39 is 18.0 Å². The molecule has 0 spiro atoms. The number of rotatable bonds is 12. The number of hydrogen-bond donors (Lipinski definition) is 2. The van der Waals surface area contributed by atoms with E-state index in [0.29, 0.717) is 50.6 Å². The number of benzene rings is 2. The highest BCUT2D eigenvalue weighted by atomic mass is 32.1. The molecule has 2 aromatic carbocycles. The number of nitrogens with zero attached hydrogens (tertiary/aromatic N) is 1. The lowest BCUT2D eigenvalue weighted by Gasteiger charge is -2.18. The van der Waals surface area contributed by atoms with Crippen molar-refractivity contribution in [3.63, 3.8) is 0 Å². The highest BCUT2D eigenvalue weighted by Gasteiger charge is 2.29. The van der Waals surface area contributed by atoms with Crippen molar-refractivity contribution in [3.8, 4) is 23.0 Å². The first-order chi connectivity index (χ1) is 21.2. The average Bonchev–Trinajstić information content (AvgIpc) is 3.37. The summed E-state index contributed by atoms with van der Waals surface area (Å²) < 4.78 is 27.0. The molecule has 1 heterocycles. The largest absolute Gasteiger partial charge is 0.493 e. The lowest BCUT2D eigenvalue weighted by Crippen LogP contribution is -2.33. The predicted molar refractivity (Wildman–Crippen MR) is 168 cm³/mol. The summed E-state index contributed by atoms with van der Waals surface area (Å²) >= 11 is 1.44. The maximum Gasteiger partial charge on any atom is 0.341 e. The average molecular weight is 624 g/mol. The fourth-order valence-electron chi connectivity index (χ4n) is 4.81. The van der Waals surface area contributed by atoms with Gasteiger partial charge in [-0.2, -0.15) is 5.10 Å². The number of carbonyl (C=O) groups is 3. The second-order valence-corrected chi connectivity index (χ2v) is 11.3. The molecule has 4 rings (SSSR count). The number of ether oxygens (including phenoxy) is 5. The number of nitrogens with one attached hydrogen (secondary N) is 2. The monoisotopic (exact) mass is 623 g/mol. The van der Waals surface area contributed by atoms with Crippen molar-refractivity contribution >= 4 is 40.3 Å². The first-order valence-corrected chi connectivity index (χ1v) is 15.0. The second-order valence-electron chi connectivity index (χ2n) is 10.2. The summed E-state index contributed by atoms with van der Waals surface area (Å²) in [6, 6.07) is 9.78. The molecule has 1 aliphatic carbocycles. The fourth-order valence-corrected chi connectivity index (χ4v) is 6.21. The van der Waals surface area contributed by atoms with Crippen LogP contribution in [-0.2, 0) is 22.4 Å². The maximum absolute atomic E-state index is 13.1. The molecule has 0 fully saturated rings. The van der Waals surface area contributed by atoms with E-state index in [0.717, 1.165) is 29.7 Å². The van der Waals surface area contributed by atoms with Crippen LogP contribution in [0, 0.1) is 5.92 Å². The number of anilines is 1. The Hall–Kier alpha value is -4.58. The third kappa shape index (κ3) is 7.49. The fraction of sp³-hybridized carbons (Fsp3) is 0.375. The minimum absolute atomic E-state index is 0.255. The lowest BCUT2D eigenvalue weighted by atomic mass is 9.88. The minimum Gasteiger partial charge on any atom is -0.493 e. The molecule has 2 amide bonds. The van der Waals surface area contributed by atoms with Crippen LogP contribution in [0.5, 0.6) is 23.0 Å². The molecule has 0 saturated carbocycles. The van der Waals surface area contributed by atoms with E-state index in [1.807, 2.05) is 0 Å². The van der Waals surface area contributed by atoms with Crippen LogP contribution in [0.2, 0.25) is 0 Å². The molecule has 0 unspecified atom stereocenters. The molecule has 0 aliphatic heterocycles. The van der Waals surface area contributed by atoms with Crippen LogP contribution in [0.15, 0.2) is 41.5 Å². The molecule has 12 heteroatoms. The molecular weight excluding hydrogens is 586 g/mol. The summed E-state index contributed by atoms with van der Waals surface area (Å²) in [5.41, 5.74) is 4.88. The van der Waals surface area contributed by atoms with Gasteiger partial charge in [0.25, 0.3) is 11.8 Å². The number of hydrogen-bond acceptors (Lipinski definition) is 10. The van der Waals surface area contributed by atoms with Gasteiger partial charge in [0.1, 0.15) is 10.8 Å². The Morgan fingerprint density at radius 2 is 1.75 bits per heavy atom. The number of esters is 1. The molecule has 3 aromatic rings. The van der Waals surface area contributed by atoms with Crippen molar-refractivity contribution in [1.82, 2.24) is 5.43 Å². The topological polar surface area (TPSA) is 134 Å². The first kappa shape index (κ1) is 32.3. The van der Waals surface area contributed by atoms with Gasteiger partial charge in [0, 0.05) is 16.0 Å². The summed E-state index contributed by atoms with van der Waals surface area (Å²) in [7, 11) is 4.53. The third-order valence-electron chi connectivity index (χ3n) is 7.09. The van der Waals surface area contributed by atoms with Gasteiger partial charge in [-0.05, 0) is 81.0 Å². The van der Waals surface area contributed by atoms with E-state index in [4.69, 9.17) is 23.7 Å². The van der Waals surface area contributed by atoms with Crippen molar-refractivity contribution in [2.24, 2.45) is 11.0 Å². The van der Waals surface area contributed by atoms with E-state index in [1.54, 1.807) is 50.2 Å². The SMILES string of the molecule is CCOC(=O)c1c(NC(=O)c2ccc(O[C@@H](C)C(=O)N/N=C\c3cc(OC)c(OC)c(OC)c3)cc2)sc2c1CC[C@H](C)C2. The van der Waals surface area contributed by atoms with Gasteiger partial charge in [-0.1, -0.05) is 6.92 Å². The van der Waals surface area contributed by atoms with Crippen molar-refractivity contribution in [2.45, 2.75) is 46.1 Å². The Labute approximate surface area is 260 Å². The van der Waals surface area contributed by atoms with Crippen molar-refractivity contribution in [2.75, 3.05) is 33.3 Å². The van der Waals surface area contributed by atoms with Crippen LogP contribution in [0.3, 0.4) is 0 Å². The van der Waals surface area contributed by atoms with Gasteiger partial charge in [-0.3, -0.25) is 9.59 Å². The van der Waals surface area contributed by atoms with E-state index in [9.17, 15) is 14.4 Å². The van der Waals surface area contributed by atoms with Crippen LogP contribution in [0.25, 0.3) is 0 Å². The van der Waals surface area contributed by atoms with Crippen LogP contribution < -0.4 is 29.7 Å². The van der Waals surface area contributed by atoms with Gasteiger partial charge >= 0.3 is 5.97 Å². The molecule has 44 heavy (non-hydrogen) atoms. The Morgan fingerprint density at radius 3 is 2.36 bits per heavy atom. The van der Waals surface area contributed by atoms with Crippen LogP contribution in [0.4, 0.5) is 5.00 Å². The Morgan fingerprint density at radius 1 is 1.07 bits per heavy atom. The maximum atomic E-state index is 13.1. The molecule has 2 atom stereocenters. The quantitative estimate of drug-likeness (QED) is 0.159. The van der Waals surface area contributed by atoms with Gasteiger partial charge < -0.3 is 29.0 Å². The molecule has 2 N–H and O–H groups in total. The Kier molecular flexibility index (Phi) is 10.8. The smallest absolute Gasteiger partial charge is 0.341 e.